The van der Waals surface area contributed by atoms with Gasteiger partial charge in [0.1, 0.15) is 0 Å². The Hall–Kier alpha value is -0.940. The van der Waals surface area contributed by atoms with Crippen molar-refractivity contribution >= 4 is 21.6 Å². The van der Waals surface area contributed by atoms with Gasteiger partial charge in [-0.15, -0.1) is 0 Å². The van der Waals surface area contributed by atoms with E-state index < -0.39 is 4.92 Å². The van der Waals surface area contributed by atoms with Crippen LogP contribution in [0, 0.1) is 10.1 Å². The van der Waals surface area contributed by atoms with Crippen molar-refractivity contribution in [3.63, 3.8) is 0 Å². The number of nitro groups is 1. The number of nitrogens with zero attached hydrogens (tertiary/aromatic N) is 1. The third kappa shape index (κ3) is 2.26. The minimum absolute atomic E-state index is 0.0596. The van der Waals surface area contributed by atoms with Crippen LogP contribution in [0.15, 0.2) is 22.7 Å². The first kappa shape index (κ1) is 10.1. The topological polar surface area (TPSA) is 69.2 Å². The van der Waals surface area contributed by atoms with Crippen molar-refractivity contribution in [1.82, 2.24) is 0 Å². The molecule has 2 N–H and O–H groups in total. The van der Waals surface area contributed by atoms with Crippen LogP contribution in [0.3, 0.4) is 0 Å². The second-order valence-corrected chi connectivity index (χ2v) is 3.66. The zero-order valence-corrected chi connectivity index (χ0v) is 8.61. The second kappa shape index (κ2) is 3.85. The highest BCUT2D eigenvalue weighted by molar-refractivity contribution is 9.10. The highest BCUT2D eigenvalue weighted by atomic mass is 79.9. The van der Waals surface area contributed by atoms with Gasteiger partial charge in [0.15, 0.2) is 0 Å². The standard InChI is InChI=1S/C8H9BrN2O2/c1-5(10)7-3-2-6(9)4-8(7)11(12)13/h2-5H,10H2,1H3/t5-/m0/s1. The Morgan fingerprint density at radius 2 is 2.23 bits per heavy atom. The van der Waals surface area contributed by atoms with Crippen LogP contribution in [-0.4, -0.2) is 4.92 Å². The van der Waals surface area contributed by atoms with E-state index >= 15 is 0 Å². The summed E-state index contributed by atoms with van der Waals surface area (Å²) in [6.07, 6.45) is 0. The van der Waals surface area contributed by atoms with Gasteiger partial charge >= 0.3 is 0 Å². The van der Waals surface area contributed by atoms with E-state index in [4.69, 9.17) is 5.73 Å². The Labute approximate surface area is 84.0 Å². The van der Waals surface area contributed by atoms with Crippen molar-refractivity contribution in [3.05, 3.63) is 38.3 Å². The molecule has 0 spiro atoms. The maximum absolute atomic E-state index is 10.6. The monoisotopic (exact) mass is 244 g/mol. The molecule has 0 aliphatic carbocycles. The van der Waals surface area contributed by atoms with Crippen LogP contribution in [0.4, 0.5) is 5.69 Å². The Bertz CT molecular complexity index is 339. The van der Waals surface area contributed by atoms with Crippen LogP contribution >= 0.6 is 15.9 Å². The van der Waals surface area contributed by atoms with Crippen molar-refractivity contribution in [3.8, 4) is 0 Å². The molecule has 0 aromatic heterocycles. The van der Waals surface area contributed by atoms with Gasteiger partial charge in [-0.25, -0.2) is 0 Å². The van der Waals surface area contributed by atoms with Gasteiger partial charge in [-0.3, -0.25) is 10.1 Å². The Kier molecular flexibility index (Phi) is 3.00. The molecule has 0 bridgehead atoms. The third-order valence-electron chi connectivity index (χ3n) is 1.68. The van der Waals surface area contributed by atoms with E-state index in [1.165, 1.54) is 6.07 Å². The molecule has 0 unspecified atom stereocenters. The lowest BCUT2D eigenvalue weighted by atomic mass is 10.1. The zero-order chi connectivity index (χ0) is 10.0. The summed E-state index contributed by atoms with van der Waals surface area (Å²) in [7, 11) is 0. The van der Waals surface area contributed by atoms with Crippen molar-refractivity contribution in [2.24, 2.45) is 5.73 Å². The molecular formula is C8H9BrN2O2. The predicted molar refractivity (Wildman–Crippen MR) is 53.4 cm³/mol. The van der Waals surface area contributed by atoms with Crippen LogP contribution in [0.5, 0.6) is 0 Å². The molecule has 0 amide bonds. The molecule has 1 aromatic rings. The number of nitro benzene ring substituents is 1. The van der Waals surface area contributed by atoms with Gasteiger partial charge in [-0.05, 0) is 19.1 Å². The van der Waals surface area contributed by atoms with Gasteiger partial charge in [0.05, 0.1) is 4.92 Å². The molecule has 0 saturated carbocycles. The van der Waals surface area contributed by atoms with Crippen molar-refractivity contribution in [1.29, 1.82) is 0 Å². The highest BCUT2D eigenvalue weighted by Crippen LogP contribution is 2.26. The number of hydrogen-bond donors (Lipinski definition) is 1. The fourth-order valence-corrected chi connectivity index (χ4v) is 1.41. The van der Waals surface area contributed by atoms with Crippen LogP contribution in [-0.2, 0) is 0 Å². The van der Waals surface area contributed by atoms with Gasteiger partial charge in [0.25, 0.3) is 5.69 Å². The Balaban J connectivity index is 3.27. The molecule has 0 aliphatic heterocycles. The van der Waals surface area contributed by atoms with E-state index in [9.17, 15) is 10.1 Å². The lowest BCUT2D eigenvalue weighted by Crippen LogP contribution is -2.07. The van der Waals surface area contributed by atoms with Gasteiger partial charge in [-0.2, -0.15) is 0 Å². The van der Waals surface area contributed by atoms with E-state index in [1.807, 2.05) is 0 Å². The summed E-state index contributed by atoms with van der Waals surface area (Å²) in [5.41, 5.74) is 6.19. The summed E-state index contributed by atoms with van der Waals surface area (Å²) in [6.45, 7) is 1.72. The minimum atomic E-state index is -0.427. The molecule has 1 rings (SSSR count). The van der Waals surface area contributed by atoms with Gasteiger partial charge in [-0.1, -0.05) is 15.9 Å². The summed E-state index contributed by atoms with van der Waals surface area (Å²) < 4.78 is 0.684. The number of halogens is 1. The maximum atomic E-state index is 10.6. The summed E-state index contributed by atoms with van der Waals surface area (Å²) in [6, 6.07) is 4.53. The summed E-state index contributed by atoms with van der Waals surface area (Å²) in [5.74, 6) is 0. The largest absolute Gasteiger partial charge is 0.324 e. The summed E-state index contributed by atoms with van der Waals surface area (Å²) >= 11 is 3.17. The number of hydrogen-bond acceptors (Lipinski definition) is 3. The average Bonchev–Trinajstić information content (AvgIpc) is 2.03. The van der Waals surface area contributed by atoms with Crippen molar-refractivity contribution < 1.29 is 4.92 Å². The van der Waals surface area contributed by atoms with E-state index in [-0.39, 0.29) is 11.7 Å². The molecule has 5 heteroatoms. The lowest BCUT2D eigenvalue weighted by Gasteiger charge is -2.05. The van der Waals surface area contributed by atoms with E-state index in [0.29, 0.717) is 10.0 Å². The Morgan fingerprint density at radius 3 is 2.69 bits per heavy atom. The minimum Gasteiger partial charge on any atom is -0.324 e. The van der Waals surface area contributed by atoms with Crippen LogP contribution in [0.2, 0.25) is 0 Å². The van der Waals surface area contributed by atoms with Crippen molar-refractivity contribution in [2.45, 2.75) is 13.0 Å². The first-order chi connectivity index (χ1) is 6.02. The Morgan fingerprint density at radius 1 is 1.62 bits per heavy atom. The maximum Gasteiger partial charge on any atom is 0.275 e. The number of rotatable bonds is 2. The van der Waals surface area contributed by atoms with Crippen LogP contribution < -0.4 is 5.73 Å². The average molecular weight is 245 g/mol. The molecule has 13 heavy (non-hydrogen) atoms. The third-order valence-corrected chi connectivity index (χ3v) is 2.17. The first-order valence-corrected chi connectivity index (χ1v) is 4.51. The van der Waals surface area contributed by atoms with Gasteiger partial charge in [0.2, 0.25) is 0 Å². The molecule has 4 nitrogen and oxygen atoms in total. The summed E-state index contributed by atoms with van der Waals surface area (Å²) in [5, 5.41) is 10.6. The molecule has 0 saturated heterocycles. The highest BCUT2D eigenvalue weighted by Gasteiger charge is 2.16. The fraction of sp³-hybridized carbons (Fsp3) is 0.250. The molecule has 0 heterocycles. The van der Waals surface area contributed by atoms with E-state index in [2.05, 4.69) is 15.9 Å². The zero-order valence-electron chi connectivity index (χ0n) is 7.03. The molecule has 0 aliphatic rings. The molecule has 70 valence electrons. The fourth-order valence-electron chi connectivity index (χ4n) is 1.06. The normalized spacial score (nSPS) is 12.5. The van der Waals surface area contributed by atoms with Crippen LogP contribution in [0.1, 0.15) is 18.5 Å². The molecule has 0 fully saturated rings. The van der Waals surface area contributed by atoms with E-state index in [0.717, 1.165) is 0 Å². The SMILES string of the molecule is C[C@H](N)c1ccc(Br)cc1[N+](=O)[O-]. The number of benzene rings is 1. The summed E-state index contributed by atoms with van der Waals surface area (Å²) in [4.78, 5) is 10.2. The van der Waals surface area contributed by atoms with E-state index in [1.54, 1.807) is 19.1 Å². The van der Waals surface area contributed by atoms with Crippen LogP contribution in [0.25, 0.3) is 0 Å². The van der Waals surface area contributed by atoms with Gasteiger partial charge < -0.3 is 5.73 Å². The first-order valence-electron chi connectivity index (χ1n) is 3.72. The smallest absolute Gasteiger partial charge is 0.275 e. The van der Waals surface area contributed by atoms with Gasteiger partial charge in [0, 0.05) is 22.1 Å². The molecule has 1 aromatic carbocycles. The number of nitrogens with two attached hydrogens (primary N) is 1. The molecular weight excluding hydrogens is 236 g/mol. The predicted octanol–water partition coefficient (Wildman–Crippen LogP) is 2.38. The quantitative estimate of drug-likeness (QED) is 0.642. The second-order valence-electron chi connectivity index (χ2n) is 2.75. The molecule has 0 radical (unpaired) electrons. The van der Waals surface area contributed by atoms with Crippen molar-refractivity contribution in [2.75, 3.05) is 0 Å². The molecule has 1 atom stereocenters. The lowest BCUT2D eigenvalue weighted by molar-refractivity contribution is -0.385.